The second-order valence-electron chi connectivity index (χ2n) is 6.93. The van der Waals surface area contributed by atoms with E-state index in [1.807, 2.05) is 0 Å². The summed E-state index contributed by atoms with van der Waals surface area (Å²) in [6.45, 7) is 1.18. The molecule has 1 fully saturated rings. The number of hydrogen-bond acceptors (Lipinski definition) is 4. The summed E-state index contributed by atoms with van der Waals surface area (Å²) in [6.07, 6.45) is 1.93. The molecule has 28 heavy (non-hydrogen) atoms. The van der Waals surface area contributed by atoms with Crippen LogP contribution >= 0.6 is 0 Å². The molecule has 1 aliphatic rings. The fourth-order valence-electron chi connectivity index (χ4n) is 3.40. The van der Waals surface area contributed by atoms with E-state index in [-0.39, 0.29) is 29.9 Å². The molecule has 0 aliphatic carbocycles. The van der Waals surface area contributed by atoms with Crippen molar-refractivity contribution in [3.63, 3.8) is 0 Å². The minimum Gasteiger partial charge on any atom is -0.420 e. The van der Waals surface area contributed by atoms with E-state index in [9.17, 15) is 13.6 Å². The van der Waals surface area contributed by atoms with E-state index in [2.05, 4.69) is 10.2 Å². The maximum absolute atomic E-state index is 13.1. The number of hydrogen-bond donors (Lipinski definition) is 0. The van der Waals surface area contributed by atoms with Gasteiger partial charge in [-0.15, -0.1) is 10.2 Å². The van der Waals surface area contributed by atoms with Gasteiger partial charge >= 0.3 is 0 Å². The number of carbonyl (C=O) groups is 1. The molecule has 0 spiro atoms. The smallest absolute Gasteiger partial charge is 0.247 e. The fraction of sp³-hybridized carbons (Fsp3) is 0.286. The van der Waals surface area contributed by atoms with Crippen LogP contribution in [0.1, 0.15) is 30.2 Å². The fourth-order valence-corrected chi connectivity index (χ4v) is 3.40. The topological polar surface area (TPSA) is 59.2 Å². The molecular weight excluding hydrogens is 364 g/mol. The number of likely N-dealkylation sites (tertiary alicyclic amines) is 1. The first-order valence-corrected chi connectivity index (χ1v) is 9.20. The van der Waals surface area contributed by atoms with E-state index in [4.69, 9.17) is 4.42 Å². The van der Waals surface area contributed by atoms with Crippen molar-refractivity contribution >= 4 is 5.91 Å². The number of rotatable bonds is 4. The molecular formula is C21H19F2N3O2. The highest BCUT2D eigenvalue weighted by atomic mass is 19.1. The number of piperidine rings is 1. The highest BCUT2D eigenvalue weighted by molar-refractivity contribution is 5.79. The Bertz CT molecular complexity index is 955. The molecule has 1 amide bonds. The third-order valence-electron chi connectivity index (χ3n) is 4.92. The maximum Gasteiger partial charge on any atom is 0.247 e. The SMILES string of the molecule is O=C(Cc1ccc(F)cc1)N1CCCC(c2nnc(-c3ccc(F)cc3)o2)C1. The Morgan fingerprint density at radius 1 is 1.04 bits per heavy atom. The predicted octanol–water partition coefficient (Wildman–Crippen LogP) is 3.96. The summed E-state index contributed by atoms with van der Waals surface area (Å²) >= 11 is 0. The van der Waals surface area contributed by atoms with Gasteiger partial charge in [-0.25, -0.2) is 8.78 Å². The van der Waals surface area contributed by atoms with Gasteiger partial charge in [0.05, 0.1) is 12.3 Å². The van der Waals surface area contributed by atoms with E-state index in [0.29, 0.717) is 30.4 Å². The zero-order valence-electron chi connectivity index (χ0n) is 15.1. The lowest BCUT2D eigenvalue weighted by atomic mass is 9.97. The Hall–Kier alpha value is -3.09. The van der Waals surface area contributed by atoms with Crippen molar-refractivity contribution in [2.75, 3.05) is 13.1 Å². The molecule has 1 unspecified atom stereocenters. The van der Waals surface area contributed by atoms with Crippen LogP contribution in [-0.2, 0) is 11.2 Å². The molecule has 4 rings (SSSR count). The van der Waals surface area contributed by atoms with E-state index >= 15 is 0 Å². The Balaban J connectivity index is 1.43. The maximum atomic E-state index is 13.1. The van der Waals surface area contributed by atoms with Gasteiger partial charge in [0.25, 0.3) is 0 Å². The summed E-state index contributed by atoms with van der Waals surface area (Å²) < 4.78 is 31.9. The molecule has 5 nitrogen and oxygen atoms in total. The normalized spacial score (nSPS) is 16.9. The number of benzene rings is 2. The molecule has 2 heterocycles. The lowest BCUT2D eigenvalue weighted by Crippen LogP contribution is -2.40. The Morgan fingerprint density at radius 3 is 2.43 bits per heavy atom. The van der Waals surface area contributed by atoms with Crippen LogP contribution in [0.15, 0.2) is 52.9 Å². The Labute approximate surface area is 161 Å². The number of halogens is 2. The van der Waals surface area contributed by atoms with Gasteiger partial charge in [-0.1, -0.05) is 12.1 Å². The highest BCUT2D eigenvalue weighted by Crippen LogP contribution is 2.28. The van der Waals surface area contributed by atoms with Crippen molar-refractivity contribution in [2.45, 2.75) is 25.2 Å². The predicted molar refractivity (Wildman–Crippen MR) is 98.4 cm³/mol. The number of aromatic nitrogens is 2. The van der Waals surface area contributed by atoms with Crippen LogP contribution in [0.5, 0.6) is 0 Å². The summed E-state index contributed by atoms with van der Waals surface area (Å²) in [6, 6.07) is 11.8. The van der Waals surface area contributed by atoms with Crippen molar-refractivity contribution in [1.82, 2.24) is 15.1 Å². The summed E-state index contributed by atoms with van der Waals surface area (Å²) in [5.74, 6) is 0.138. The van der Waals surface area contributed by atoms with Gasteiger partial charge in [-0.05, 0) is 54.8 Å². The monoisotopic (exact) mass is 383 g/mol. The van der Waals surface area contributed by atoms with E-state index < -0.39 is 0 Å². The standard InChI is InChI=1S/C21H19F2N3O2/c22-17-7-3-14(4-8-17)12-19(27)26-11-1-2-16(13-26)21-25-24-20(28-21)15-5-9-18(23)10-6-15/h3-10,16H,1-2,11-13H2. The van der Waals surface area contributed by atoms with Gasteiger partial charge in [0.1, 0.15) is 11.6 Å². The van der Waals surface area contributed by atoms with Crippen LogP contribution in [0.2, 0.25) is 0 Å². The van der Waals surface area contributed by atoms with Gasteiger partial charge in [0.2, 0.25) is 17.7 Å². The number of carbonyl (C=O) groups excluding carboxylic acids is 1. The molecule has 0 saturated carbocycles. The van der Waals surface area contributed by atoms with Crippen molar-refractivity contribution in [1.29, 1.82) is 0 Å². The van der Waals surface area contributed by atoms with Crippen LogP contribution < -0.4 is 0 Å². The van der Waals surface area contributed by atoms with Gasteiger partial charge in [0.15, 0.2) is 0 Å². The molecule has 0 radical (unpaired) electrons. The van der Waals surface area contributed by atoms with Gasteiger partial charge in [0, 0.05) is 18.7 Å². The van der Waals surface area contributed by atoms with Crippen molar-refractivity contribution in [3.8, 4) is 11.5 Å². The number of nitrogens with zero attached hydrogens (tertiary/aromatic N) is 3. The van der Waals surface area contributed by atoms with Gasteiger partial charge in [-0.3, -0.25) is 4.79 Å². The minimum atomic E-state index is -0.328. The third-order valence-corrected chi connectivity index (χ3v) is 4.92. The second-order valence-corrected chi connectivity index (χ2v) is 6.93. The quantitative estimate of drug-likeness (QED) is 0.684. The number of amides is 1. The Kier molecular flexibility index (Phi) is 5.14. The van der Waals surface area contributed by atoms with Crippen LogP contribution in [-0.4, -0.2) is 34.1 Å². The molecule has 1 aliphatic heterocycles. The average molecular weight is 383 g/mol. The molecule has 2 aromatic carbocycles. The largest absolute Gasteiger partial charge is 0.420 e. The zero-order valence-corrected chi connectivity index (χ0v) is 15.1. The lowest BCUT2D eigenvalue weighted by Gasteiger charge is -2.31. The molecule has 1 atom stereocenters. The van der Waals surface area contributed by atoms with Crippen LogP contribution in [0.25, 0.3) is 11.5 Å². The van der Waals surface area contributed by atoms with Crippen LogP contribution in [0.4, 0.5) is 8.78 Å². The first-order chi connectivity index (χ1) is 13.6. The summed E-state index contributed by atoms with van der Waals surface area (Å²) in [4.78, 5) is 14.4. The van der Waals surface area contributed by atoms with Gasteiger partial charge in [-0.2, -0.15) is 0 Å². The zero-order chi connectivity index (χ0) is 19.5. The summed E-state index contributed by atoms with van der Waals surface area (Å²) in [5.41, 5.74) is 1.44. The van der Waals surface area contributed by atoms with Crippen LogP contribution in [0, 0.1) is 11.6 Å². The molecule has 144 valence electrons. The van der Waals surface area contributed by atoms with Crippen molar-refractivity contribution in [2.24, 2.45) is 0 Å². The molecule has 1 aromatic heterocycles. The lowest BCUT2D eigenvalue weighted by molar-refractivity contribution is -0.131. The molecule has 7 heteroatoms. The van der Waals surface area contributed by atoms with E-state index in [1.165, 1.54) is 24.3 Å². The van der Waals surface area contributed by atoms with Crippen molar-refractivity contribution in [3.05, 3.63) is 71.6 Å². The Morgan fingerprint density at radius 2 is 1.71 bits per heavy atom. The van der Waals surface area contributed by atoms with E-state index in [0.717, 1.165) is 18.4 Å². The third kappa shape index (κ3) is 4.08. The first-order valence-electron chi connectivity index (χ1n) is 9.20. The highest BCUT2D eigenvalue weighted by Gasteiger charge is 2.28. The summed E-state index contributed by atoms with van der Waals surface area (Å²) in [5, 5.41) is 8.20. The average Bonchev–Trinajstić information content (AvgIpc) is 3.21. The summed E-state index contributed by atoms with van der Waals surface area (Å²) in [7, 11) is 0. The molecule has 0 bridgehead atoms. The van der Waals surface area contributed by atoms with E-state index in [1.54, 1.807) is 29.2 Å². The molecule has 3 aromatic rings. The molecule has 1 saturated heterocycles. The van der Waals surface area contributed by atoms with Crippen LogP contribution in [0.3, 0.4) is 0 Å². The molecule has 0 N–H and O–H groups in total. The second kappa shape index (κ2) is 7.88. The first kappa shape index (κ1) is 18.3. The van der Waals surface area contributed by atoms with Crippen molar-refractivity contribution < 1.29 is 18.0 Å². The van der Waals surface area contributed by atoms with Gasteiger partial charge < -0.3 is 9.32 Å². The minimum absolute atomic E-state index is 0.00502.